The van der Waals surface area contributed by atoms with Crippen LogP contribution >= 0.6 is 11.6 Å². The van der Waals surface area contributed by atoms with E-state index in [4.69, 9.17) is 11.6 Å². The second-order valence-corrected chi connectivity index (χ2v) is 11.6. The van der Waals surface area contributed by atoms with E-state index < -0.39 is 0 Å². The van der Waals surface area contributed by atoms with Gasteiger partial charge in [-0.15, -0.1) is 0 Å². The van der Waals surface area contributed by atoms with Crippen LogP contribution in [0.1, 0.15) is 70.6 Å². The molecule has 2 heteroatoms. The molecule has 0 aromatic heterocycles. The average Bonchev–Trinajstić information content (AvgIpc) is 3.16. The molecular formula is C33H36ClN. The third-order valence-corrected chi connectivity index (χ3v) is 8.86. The summed E-state index contributed by atoms with van der Waals surface area (Å²) in [6, 6.07) is 17.5. The van der Waals surface area contributed by atoms with Crippen LogP contribution in [0.5, 0.6) is 0 Å². The van der Waals surface area contributed by atoms with Gasteiger partial charge in [-0.1, -0.05) is 100.0 Å². The summed E-state index contributed by atoms with van der Waals surface area (Å²) >= 11 is 7.01. The van der Waals surface area contributed by atoms with Crippen LogP contribution in [0.4, 0.5) is 5.69 Å². The number of likely N-dealkylation sites (N-methyl/N-ethyl adjacent to an activating group) is 1. The lowest BCUT2D eigenvalue weighted by Gasteiger charge is -2.24. The van der Waals surface area contributed by atoms with Crippen molar-refractivity contribution in [3.8, 4) is 0 Å². The number of halogens is 1. The number of benzene rings is 2. The van der Waals surface area contributed by atoms with Gasteiger partial charge in [0.1, 0.15) is 0 Å². The van der Waals surface area contributed by atoms with Crippen molar-refractivity contribution >= 4 is 22.9 Å². The van der Waals surface area contributed by atoms with Crippen molar-refractivity contribution in [2.75, 3.05) is 11.9 Å². The minimum Gasteiger partial charge on any atom is -0.347 e. The molecule has 0 radical (unpaired) electrons. The zero-order valence-electron chi connectivity index (χ0n) is 21.9. The summed E-state index contributed by atoms with van der Waals surface area (Å²) in [6.45, 7) is 11.5. The first-order chi connectivity index (χ1) is 16.6. The fraction of sp³-hybridized carbons (Fsp3) is 0.333. The van der Waals surface area contributed by atoms with Crippen LogP contribution in [0.15, 0.2) is 100 Å². The van der Waals surface area contributed by atoms with Gasteiger partial charge in [0.2, 0.25) is 0 Å². The van der Waals surface area contributed by atoms with Crippen molar-refractivity contribution in [3.63, 3.8) is 0 Å². The van der Waals surface area contributed by atoms with Gasteiger partial charge < -0.3 is 4.90 Å². The molecule has 2 aromatic rings. The SMILES string of the molecule is CC1=C(C=CC2=C(Cl)C(=CC=C3N(C)c4ccccc4C3(C)C)CCC2)C(C)(C)c2ccccc21. The van der Waals surface area contributed by atoms with E-state index >= 15 is 0 Å². The summed E-state index contributed by atoms with van der Waals surface area (Å²) in [4.78, 5) is 2.32. The van der Waals surface area contributed by atoms with E-state index in [0.717, 1.165) is 24.3 Å². The third kappa shape index (κ3) is 3.85. The van der Waals surface area contributed by atoms with Gasteiger partial charge in [0.15, 0.2) is 0 Å². The van der Waals surface area contributed by atoms with Crippen molar-refractivity contribution in [1.29, 1.82) is 0 Å². The van der Waals surface area contributed by atoms with E-state index in [9.17, 15) is 0 Å². The number of anilines is 1. The van der Waals surface area contributed by atoms with E-state index in [2.05, 4.69) is 119 Å². The molecule has 1 heterocycles. The molecule has 0 amide bonds. The Balaban J connectivity index is 1.46. The molecule has 0 saturated carbocycles. The Labute approximate surface area is 216 Å². The highest BCUT2D eigenvalue weighted by molar-refractivity contribution is 6.32. The number of fused-ring (bicyclic) bond motifs is 2. The molecule has 1 aliphatic heterocycles. The lowest BCUT2D eigenvalue weighted by Crippen LogP contribution is -2.22. The summed E-state index contributed by atoms with van der Waals surface area (Å²) in [5, 5.41) is 0.923. The summed E-state index contributed by atoms with van der Waals surface area (Å²) in [6.07, 6.45) is 12.3. The molecule has 1 nitrogen and oxygen atoms in total. The van der Waals surface area contributed by atoms with E-state index in [0.29, 0.717) is 0 Å². The lowest BCUT2D eigenvalue weighted by atomic mass is 9.80. The molecule has 35 heavy (non-hydrogen) atoms. The largest absolute Gasteiger partial charge is 0.347 e. The zero-order valence-corrected chi connectivity index (χ0v) is 22.6. The molecule has 0 unspecified atom stereocenters. The molecule has 5 rings (SSSR count). The number of hydrogen-bond acceptors (Lipinski definition) is 1. The Bertz CT molecular complexity index is 1340. The van der Waals surface area contributed by atoms with Crippen LogP contribution in [0.25, 0.3) is 5.57 Å². The zero-order chi connectivity index (χ0) is 25.0. The number of nitrogens with zero attached hydrogens (tertiary/aromatic N) is 1. The Kier molecular flexibility index (Phi) is 5.96. The van der Waals surface area contributed by atoms with Crippen LogP contribution in [0.3, 0.4) is 0 Å². The lowest BCUT2D eigenvalue weighted by molar-refractivity contribution is 0.640. The second-order valence-electron chi connectivity index (χ2n) is 11.2. The normalized spacial score (nSPS) is 23.1. The predicted molar refractivity (Wildman–Crippen MR) is 152 cm³/mol. The summed E-state index contributed by atoms with van der Waals surface area (Å²) < 4.78 is 0. The van der Waals surface area contributed by atoms with Crippen LogP contribution in [-0.2, 0) is 10.8 Å². The maximum atomic E-state index is 7.01. The fourth-order valence-corrected chi connectivity index (χ4v) is 6.64. The third-order valence-electron chi connectivity index (χ3n) is 8.37. The van der Waals surface area contributed by atoms with Crippen molar-refractivity contribution in [2.24, 2.45) is 0 Å². The Morgan fingerprint density at radius 1 is 0.829 bits per heavy atom. The summed E-state index contributed by atoms with van der Waals surface area (Å²) in [7, 11) is 2.17. The number of rotatable bonds is 3. The highest BCUT2D eigenvalue weighted by Crippen LogP contribution is 2.48. The average molecular weight is 482 g/mol. The van der Waals surface area contributed by atoms with Gasteiger partial charge in [0, 0.05) is 34.3 Å². The maximum absolute atomic E-state index is 7.01. The van der Waals surface area contributed by atoms with Crippen LogP contribution in [-0.4, -0.2) is 7.05 Å². The minimum absolute atomic E-state index is 0.00954. The van der Waals surface area contributed by atoms with Crippen molar-refractivity contribution in [1.82, 2.24) is 0 Å². The van der Waals surface area contributed by atoms with Gasteiger partial charge >= 0.3 is 0 Å². The molecule has 3 aliphatic rings. The molecule has 180 valence electrons. The van der Waals surface area contributed by atoms with Gasteiger partial charge in [-0.2, -0.15) is 0 Å². The predicted octanol–water partition coefficient (Wildman–Crippen LogP) is 9.22. The minimum atomic E-state index is -0.0247. The van der Waals surface area contributed by atoms with E-state index in [1.54, 1.807) is 0 Å². The summed E-state index contributed by atoms with van der Waals surface area (Å²) in [5.74, 6) is 0. The molecule has 0 fully saturated rings. The molecule has 2 aliphatic carbocycles. The van der Waals surface area contributed by atoms with Crippen LogP contribution < -0.4 is 4.90 Å². The first-order valence-electron chi connectivity index (χ1n) is 12.8. The maximum Gasteiger partial charge on any atom is 0.0469 e. The van der Waals surface area contributed by atoms with Crippen molar-refractivity contribution in [3.05, 3.63) is 117 Å². The Morgan fingerprint density at radius 3 is 2.23 bits per heavy atom. The highest BCUT2D eigenvalue weighted by Gasteiger charge is 2.38. The molecule has 0 N–H and O–H groups in total. The number of hydrogen-bond donors (Lipinski definition) is 0. The first-order valence-corrected chi connectivity index (χ1v) is 13.1. The second kappa shape index (κ2) is 8.71. The molecule has 0 spiro atoms. The highest BCUT2D eigenvalue weighted by atomic mass is 35.5. The molecular weight excluding hydrogens is 446 g/mol. The van der Waals surface area contributed by atoms with E-state index in [-0.39, 0.29) is 10.8 Å². The number of allylic oxidation sites excluding steroid dienone is 10. The van der Waals surface area contributed by atoms with Crippen LogP contribution in [0, 0.1) is 0 Å². The molecule has 0 bridgehead atoms. The van der Waals surface area contributed by atoms with Crippen molar-refractivity contribution < 1.29 is 0 Å². The Hall–Kier alpha value is -2.77. The van der Waals surface area contributed by atoms with Crippen molar-refractivity contribution in [2.45, 2.75) is 64.7 Å². The van der Waals surface area contributed by atoms with Gasteiger partial charge in [0.25, 0.3) is 0 Å². The van der Waals surface area contributed by atoms with E-state index in [1.165, 1.54) is 50.4 Å². The molecule has 0 atom stereocenters. The summed E-state index contributed by atoms with van der Waals surface area (Å²) in [5.41, 5.74) is 12.0. The smallest absolute Gasteiger partial charge is 0.0469 e. The quantitative estimate of drug-likeness (QED) is 0.422. The van der Waals surface area contributed by atoms with Gasteiger partial charge in [-0.25, -0.2) is 0 Å². The first kappa shape index (κ1) is 23.9. The van der Waals surface area contributed by atoms with Gasteiger partial charge in [-0.3, -0.25) is 0 Å². The van der Waals surface area contributed by atoms with Gasteiger partial charge in [-0.05, 0) is 77.3 Å². The monoisotopic (exact) mass is 481 g/mol. The fourth-order valence-electron chi connectivity index (χ4n) is 6.32. The molecule has 0 saturated heterocycles. The molecule has 2 aromatic carbocycles. The Morgan fingerprint density at radius 2 is 1.51 bits per heavy atom. The van der Waals surface area contributed by atoms with Crippen LogP contribution in [0.2, 0.25) is 0 Å². The topological polar surface area (TPSA) is 3.24 Å². The van der Waals surface area contributed by atoms with Gasteiger partial charge in [0.05, 0.1) is 0 Å². The standard InChI is InChI=1S/C33H36ClN/c1-22-25-14-7-8-15-27(25)32(2,3)26(22)20-18-23-12-11-13-24(31(23)34)19-21-30-33(4,5)28-16-9-10-17-29(28)35(30)6/h7-10,14-21H,11-13H2,1-6H3. The van der Waals surface area contributed by atoms with E-state index in [1.807, 2.05) is 0 Å². The number of para-hydroxylation sites is 1.